The van der Waals surface area contributed by atoms with Crippen molar-refractivity contribution >= 4 is 5.78 Å². The van der Waals surface area contributed by atoms with Gasteiger partial charge in [-0.2, -0.15) is 0 Å². The SMILES string of the molecule is C=CCc1ccccc1.CC(C)=O. The summed E-state index contributed by atoms with van der Waals surface area (Å²) in [5.74, 6) is 0.167. The van der Waals surface area contributed by atoms with Crippen LogP contribution in [0.15, 0.2) is 43.0 Å². The zero-order chi connectivity index (χ0) is 10.1. The molecule has 0 atom stereocenters. The van der Waals surface area contributed by atoms with Crippen LogP contribution >= 0.6 is 0 Å². The summed E-state index contributed by atoms with van der Waals surface area (Å²) in [6.07, 6.45) is 2.89. The normalized spacial score (nSPS) is 8.15. The van der Waals surface area contributed by atoms with Gasteiger partial charge in [-0.25, -0.2) is 0 Å². The Morgan fingerprint density at radius 2 is 1.77 bits per heavy atom. The molecule has 0 saturated carbocycles. The monoisotopic (exact) mass is 176 g/mol. The highest BCUT2D eigenvalue weighted by Crippen LogP contribution is 1.98. The molecule has 0 bridgehead atoms. The van der Waals surface area contributed by atoms with Gasteiger partial charge in [0.1, 0.15) is 5.78 Å². The average molecular weight is 176 g/mol. The van der Waals surface area contributed by atoms with Crippen molar-refractivity contribution < 1.29 is 4.79 Å². The van der Waals surface area contributed by atoms with E-state index in [0.717, 1.165) is 6.42 Å². The van der Waals surface area contributed by atoms with Gasteiger partial charge in [0.15, 0.2) is 0 Å². The molecule has 0 radical (unpaired) electrons. The number of ketones is 1. The number of carbonyl (C=O) groups excluding carboxylic acids is 1. The minimum absolute atomic E-state index is 0.167. The molecular weight excluding hydrogens is 160 g/mol. The highest BCUT2D eigenvalue weighted by atomic mass is 16.1. The van der Waals surface area contributed by atoms with Crippen molar-refractivity contribution in [1.82, 2.24) is 0 Å². The van der Waals surface area contributed by atoms with Crippen molar-refractivity contribution in [3.05, 3.63) is 48.6 Å². The van der Waals surface area contributed by atoms with Crippen molar-refractivity contribution in [2.75, 3.05) is 0 Å². The lowest BCUT2D eigenvalue weighted by atomic mass is 10.2. The molecule has 0 heterocycles. The van der Waals surface area contributed by atoms with Gasteiger partial charge >= 0.3 is 0 Å². The second-order valence-electron chi connectivity index (χ2n) is 2.89. The predicted octanol–water partition coefficient (Wildman–Crippen LogP) is 3.01. The summed E-state index contributed by atoms with van der Waals surface area (Å²) in [4.78, 5) is 9.44. The van der Waals surface area contributed by atoms with Crippen LogP contribution in [0.5, 0.6) is 0 Å². The molecular formula is C12H16O. The number of allylic oxidation sites excluding steroid dienone is 1. The summed E-state index contributed by atoms with van der Waals surface area (Å²) in [6, 6.07) is 10.3. The highest BCUT2D eigenvalue weighted by molar-refractivity contribution is 5.72. The molecule has 0 aliphatic rings. The Morgan fingerprint density at radius 3 is 2.15 bits per heavy atom. The lowest BCUT2D eigenvalue weighted by Gasteiger charge is -1.91. The molecule has 0 aliphatic carbocycles. The molecule has 1 nitrogen and oxygen atoms in total. The molecule has 0 saturated heterocycles. The second-order valence-corrected chi connectivity index (χ2v) is 2.89. The van der Waals surface area contributed by atoms with E-state index < -0.39 is 0 Å². The number of rotatable bonds is 2. The van der Waals surface area contributed by atoms with Crippen molar-refractivity contribution in [2.45, 2.75) is 20.3 Å². The maximum Gasteiger partial charge on any atom is 0.126 e. The van der Waals surface area contributed by atoms with Gasteiger partial charge in [0.25, 0.3) is 0 Å². The van der Waals surface area contributed by atoms with Crippen molar-refractivity contribution in [3.8, 4) is 0 Å². The molecule has 1 heteroatoms. The zero-order valence-corrected chi connectivity index (χ0v) is 8.29. The summed E-state index contributed by atoms with van der Waals surface area (Å²) >= 11 is 0. The Morgan fingerprint density at radius 1 is 1.31 bits per heavy atom. The first-order valence-electron chi connectivity index (χ1n) is 4.28. The van der Waals surface area contributed by atoms with E-state index in [4.69, 9.17) is 0 Å². The van der Waals surface area contributed by atoms with E-state index in [9.17, 15) is 4.79 Å². The summed E-state index contributed by atoms with van der Waals surface area (Å²) in [5.41, 5.74) is 1.33. The zero-order valence-electron chi connectivity index (χ0n) is 8.29. The van der Waals surface area contributed by atoms with Crippen LogP contribution in [-0.4, -0.2) is 5.78 Å². The lowest BCUT2D eigenvalue weighted by Crippen LogP contribution is -1.75. The number of hydrogen-bond donors (Lipinski definition) is 0. The van der Waals surface area contributed by atoms with Crippen LogP contribution < -0.4 is 0 Å². The first-order chi connectivity index (χ1) is 6.16. The van der Waals surface area contributed by atoms with Crippen molar-refractivity contribution in [2.24, 2.45) is 0 Å². The molecule has 1 aromatic rings. The molecule has 0 unspecified atom stereocenters. The predicted molar refractivity (Wildman–Crippen MR) is 56.7 cm³/mol. The maximum atomic E-state index is 9.44. The third-order valence-electron chi connectivity index (χ3n) is 1.22. The van der Waals surface area contributed by atoms with Gasteiger partial charge in [-0.1, -0.05) is 36.4 Å². The fourth-order valence-electron chi connectivity index (χ4n) is 0.781. The van der Waals surface area contributed by atoms with Gasteiger partial charge in [0.2, 0.25) is 0 Å². The molecule has 0 fully saturated rings. The van der Waals surface area contributed by atoms with Gasteiger partial charge in [-0.05, 0) is 25.8 Å². The van der Waals surface area contributed by atoms with Gasteiger partial charge in [-0.3, -0.25) is 0 Å². The summed E-state index contributed by atoms with van der Waals surface area (Å²) in [6.45, 7) is 6.71. The van der Waals surface area contributed by atoms with Crippen molar-refractivity contribution in [1.29, 1.82) is 0 Å². The average Bonchev–Trinajstić information content (AvgIpc) is 2.06. The van der Waals surface area contributed by atoms with Crippen LogP contribution in [0, 0.1) is 0 Å². The Kier molecular flexibility index (Phi) is 6.52. The van der Waals surface area contributed by atoms with E-state index in [0.29, 0.717) is 0 Å². The van der Waals surface area contributed by atoms with Gasteiger partial charge in [-0.15, -0.1) is 6.58 Å². The Bertz CT molecular complexity index is 245. The fraction of sp³-hybridized carbons (Fsp3) is 0.250. The van der Waals surface area contributed by atoms with Crippen LogP contribution in [0.3, 0.4) is 0 Å². The first-order valence-corrected chi connectivity index (χ1v) is 4.28. The molecule has 0 amide bonds. The quantitative estimate of drug-likeness (QED) is 0.633. The lowest BCUT2D eigenvalue weighted by molar-refractivity contribution is -0.114. The summed E-state index contributed by atoms with van der Waals surface area (Å²) < 4.78 is 0. The number of carbonyl (C=O) groups is 1. The molecule has 0 N–H and O–H groups in total. The molecule has 0 aromatic heterocycles. The van der Waals surface area contributed by atoms with E-state index in [-0.39, 0.29) is 5.78 Å². The molecule has 13 heavy (non-hydrogen) atoms. The molecule has 0 aliphatic heterocycles. The third kappa shape index (κ3) is 8.54. The van der Waals surface area contributed by atoms with Crippen molar-refractivity contribution in [3.63, 3.8) is 0 Å². The third-order valence-corrected chi connectivity index (χ3v) is 1.22. The van der Waals surface area contributed by atoms with Crippen LogP contribution in [0.2, 0.25) is 0 Å². The van der Waals surface area contributed by atoms with Crippen LogP contribution in [0.1, 0.15) is 19.4 Å². The highest BCUT2D eigenvalue weighted by Gasteiger charge is 1.82. The van der Waals surface area contributed by atoms with Gasteiger partial charge in [0.05, 0.1) is 0 Å². The minimum Gasteiger partial charge on any atom is -0.300 e. The Labute approximate surface area is 80.1 Å². The largest absolute Gasteiger partial charge is 0.300 e. The standard InChI is InChI=1S/C9H10.C3H6O/c1-2-6-9-7-4-3-5-8-9;1-3(2)4/h2-5,7-8H,1,6H2;1-2H3. The van der Waals surface area contributed by atoms with Crippen LogP contribution in [-0.2, 0) is 11.2 Å². The van der Waals surface area contributed by atoms with Crippen LogP contribution in [0.4, 0.5) is 0 Å². The number of hydrogen-bond acceptors (Lipinski definition) is 1. The Balaban J connectivity index is 0.000000310. The van der Waals surface area contributed by atoms with Crippen LogP contribution in [0.25, 0.3) is 0 Å². The number of Topliss-reactive ketones (excluding diaryl/α,β-unsaturated/α-hetero) is 1. The van der Waals surface area contributed by atoms with Gasteiger partial charge in [0, 0.05) is 0 Å². The molecule has 0 spiro atoms. The molecule has 1 rings (SSSR count). The van der Waals surface area contributed by atoms with Gasteiger partial charge < -0.3 is 4.79 Å². The molecule has 1 aromatic carbocycles. The summed E-state index contributed by atoms with van der Waals surface area (Å²) in [5, 5.41) is 0. The van der Waals surface area contributed by atoms with E-state index in [1.165, 1.54) is 19.4 Å². The maximum absolute atomic E-state index is 9.44. The smallest absolute Gasteiger partial charge is 0.126 e. The first kappa shape index (κ1) is 11.6. The topological polar surface area (TPSA) is 17.1 Å². The Hall–Kier alpha value is -1.37. The molecule has 70 valence electrons. The van der Waals surface area contributed by atoms with E-state index in [1.54, 1.807) is 0 Å². The second kappa shape index (κ2) is 7.29. The van der Waals surface area contributed by atoms with E-state index in [1.807, 2.05) is 24.3 Å². The number of benzene rings is 1. The fourth-order valence-corrected chi connectivity index (χ4v) is 0.781. The van der Waals surface area contributed by atoms with E-state index in [2.05, 4.69) is 18.7 Å². The minimum atomic E-state index is 0.167. The van der Waals surface area contributed by atoms with E-state index >= 15 is 0 Å². The summed E-state index contributed by atoms with van der Waals surface area (Å²) in [7, 11) is 0.